The van der Waals surface area contributed by atoms with Crippen LogP contribution in [0.5, 0.6) is 0 Å². The van der Waals surface area contributed by atoms with Crippen LogP contribution in [0.1, 0.15) is 30.3 Å². The molecule has 0 aliphatic heterocycles. The maximum Gasteiger partial charge on any atom is 0.220 e. The molecule has 0 spiro atoms. The van der Waals surface area contributed by atoms with Crippen LogP contribution in [0.25, 0.3) is 11.3 Å². The zero-order valence-electron chi connectivity index (χ0n) is 16.8. The lowest BCUT2D eigenvalue weighted by Crippen LogP contribution is -2.30. The Morgan fingerprint density at radius 2 is 1.97 bits per heavy atom. The summed E-state index contributed by atoms with van der Waals surface area (Å²) in [6.07, 6.45) is 9.61. The van der Waals surface area contributed by atoms with Crippen LogP contribution in [0.15, 0.2) is 67.1 Å². The normalized spacial score (nSPS) is 12.2. The zero-order chi connectivity index (χ0) is 20.8. The number of carbonyl (C=O) groups excluding carboxylic acids is 1. The Labute approximate surface area is 179 Å². The van der Waals surface area contributed by atoms with E-state index in [9.17, 15) is 4.79 Å². The molecule has 0 saturated carbocycles. The van der Waals surface area contributed by atoms with Crippen LogP contribution in [0.2, 0.25) is 0 Å². The van der Waals surface area contributed by atoms with E-state index >= 15 is 0 Å². The largest absolute Gasteiger partial charge is 0.346 e. The molecule has 1 amide bonds. The summed E-state index contributed by atoms with van der Waals surface area (Å²) in [5.74, 6) is 1.70. The SMILES string of the molecule is CSCCC(NC(=O)CCc1cnn(-c2ccccc2)c1)c1nnc2ccccn12. The van der Waals surface area contributed by atoms with Crippen LogP contribution in [0, 0.1) is 0 Å². The number of para-hydroxylation sites is 1. The lowest BCUT2D eigenvalue weighted by molar-refractivity contribution is -0.121. The van der Waals surface area contributed by atoms with Crippen molar-refractivity contribution in [3.8, 4) is 5.69 Å². The molecular weight excluding hydrogens is 396 g/mol. The molecule has 0 aliphatic rings. The predicted octanol–water partition coefficient (Wildman–Crippen LogP) is 3.46. The third-order valence-electron chi connectivity index (χ3n) is 4.90. The van der Waals surface area contributed by atoms with E-state index in [-0.39, 0.29) is 11.9 Å². The fourth-order valence-corrected chi connectivity index (χ4v) is 3.81. The summed E-state index contributed by atoms with van der Waals surface area (Å²) in [7, 11) is 0. The van der Waals surface area contributed by atoms with E-state index in [2.05, 4.69) is 26.9 Å². The Bertz CT molecular complexity index is 1110. The molecule has 1 atom stereocenters. The number of fused-ring (bicyclic) bond motifs is 1. The van der Waals surface area contributed by atoms with Crippen molar-refractivity contribution in [2.24, 2.45) is 0 Å². The van der Waals surface area contributed by atoms with Crippen LogP contribution in [-0.4, -0.2) is 42.3 Å². The molecule has 7 nitrogen and oxygen atoms in total. The van der Waals surface area contributed by atoms with Crippen LogP contribution in [0.3, 0.4) is 0 Å². The molecule has 8 heteroatoms. The second-order valence-electron chi connectivity index (χ2n) is 7.02. The molecule has 154 valence electrons. The summed E-state index contributed by atoms with van der Waals surface area (Å²) in [5, 5.41) is 16.1. The van der Waals surface area contributed by atoms with E-state index in [0.29, 0.717) is 12.8 Å². The monoisotopic (exact) mass is 420 g/mol. The average Bonchev–Trinajstić information content (AvgIpc) is 3.43. The summed E-state index contributed by atoms with van der Waals surface area (Å²) in [4.78, 5) is 12.7. The van der Waals surface area contributed by atoms with Crippen molar-refractivity contribution >= 4 is 23.3 Å². The third kappa shape index (κ3) is 4.71. The number of rotatable bonds is 9. The number of hydrogen-bond donors (Lipinski definition) is 1. The molecule has 4 rings (SSSR count). The first-order valence-electron chi connectivity index (χ1n) is 9.91. The molecule has 3 heterocycles. The molecular formula is C22H24N6OS. The van der Waals surface area contributed by atoms with E-state index in [1.165, 1.54) is 0 Å². The summed E-state index contributed by atoms with van der Waals surface area (Å²) >= 11 is 1.75. The van der Waals surface area contributed by atoms with Gasteiger partial charge in [0.2, 0.25) is 5.91 Å². The third-order valence-corrected chi connectivity index (χ3v) is 5.54. The van der Waals surface area contributed by atoms with Crippen molar-refractivity contribution in [3.63, 3.8) is 0 Å². The van der Waals surface area contributed by atoms with Gasteiger partial charge in [-0.1, -0.05) is 24.3 Å². The van der Waals surface area contributed by atoms with E-state index in [1.54, 1.807) is 11.8 Å². The van der Waals surface area contributed by atoms with Gasteiger partial charge in [0.05, 0.1) is 17.9 Å². The number of pyridine rings is 1. The van der Waals surface area contributed by atoms with Crippen molar-refractivity contribution in [1.82, 2.24) is 29.7 Å². The zero-order valence-corrected chi connectivity index (χ0v) is 17.6. The quantitative estimate of drug-likeness (QED) is 0.449. The van der Waals surface area contributed by atoms with Gasteiger partial charge in [-0.3, -0.25) is 9.20 Å². The summed E-state index contributed by atoms with van der Waals surface area (Å²) < 4.78 is 3.77. The lowest BCUT2D eigenvalue weighted by Gasteiger charge is -2.17. The number of nitrogens with zero attached hydrogens (tertiary/aromatic N) is 5. The Morgan fingerprint density at radius 1 is 1.13 bits per heavy atom. The van der Waals surface area contributed by atoms with Crippen molar-refractivity contribution in [1.29, 1.82) is 0 Å². The van der Waals surface area contributed by atoms with Gasteiger partial charge in [-0.25, -0.2) is 4.68 Å². The molecule has 0 radical (unpaired) electrons. The molecule has 0 saturated heterocycles. The average molecular weight is 421 g/mol. The molecule has 1 aromatic carbocycles. The Kier molecular flexibility index (Phi) is 6.44. The highest BCUT2D eigenvalue weighted by Gasteiger charge is 2.20. The second-order valence-corrected chi connectivity index (χ2v) is 8.00. The van der Waals surface area contributed by atoms with Gasteiger partial charge in [-0.15, -0.1) is 10.2 Å². The molecule has 3 aromatic heterocycles. The minimum atomic E-state index is -0.172. The highest BCUT2D eigenvalue weighted by Crippen LogP contribution is 2.19. The van der Waals surface area contributed by atoms with Gasteiger partial charge in [0.15, 0.2) is 11.5 Å². The van der Waals surface area contributed by atoms with Crippen molar-refractivity contribution in [3.05, 3.63) is 78.5 Å². The van der Waals surface area contributed by atoms with Gasteiger partial charge in [0.1, 0.15) is 0 Å². The Hall–Kier alpha value is -3.13. The van der Waals surface area contributed by atoms with E-state index < -0.39 is 0 Å². The van der Waals surface area contributed by atoms with Crippen LogP contribution >= 0.6 is 11.8 Å². The second kappa shape index (κ2) is 9.58. The first kappa shape index (κ1) is 20.2. The van der Waals surface area contributed by atoms with Crippen LogP contribution < -0.4 is 5.32 Å². The predicted molar refractivity (Wildman–Crippen MR) is 119 cm³/mol. The highest BCUT2D eigenvalue weighted by atomic mass is 32.2. The molecule has 0 aliphatic carbocycles. The van der Waals surface area contributed by atoms with E-state index in [4.69, 9.17) is 0 Å². The number of nitrogens with one attached hydrogen (secondary N) is 1. The Morgan fingerprint density at radius 3 is 2.80 bits per heavy atom. The Balaban J connectivity index is 1.40. The molecule has 0 fully saturated rings. The maximum absolute atomic E-state index is 12.7. The first-order valence-corrected chi connectivity index (χ1v) is 11.3. The molecule has 1 N–H and O–H groups in total. The molecule has 4 aromatic rings. The van der Waals surface area contributed by atoms with Gasteiger partial charge in [-0.05, 0) is 54.7 Å². The minimum absolute atomic E-state index is 0.00115. The fourth-order valence-electron chi connectivity index (χ4n) is 3.33. The number of thioether (sulfide) groups is 1. The molecule has 30 heavy (non-hydrogen) atoms. The topological polar surface area (TPSA) is 77.1 Å². The van der Waals surface area contributed by atoms with Crippen molar-refractivity contribution in [2.45, 2.75) is 25.3 Å². The van der Waals surface area contributed by atoms with Crippen molar-refractivity contribution in [2.75, 3.05) is 12.0 Å². The lowest BCUT2D eigenvalue weighted by atomic mass is 10.1. The smallest absolute Gasteiger partial charge is 0.220 e. The van der Waals surface area contributed by atoms with Gasteiger partial charge in [0.25, 0.3) is 0 Å². The van der Waals surface area contributed by atoms with Gasteiger partial charge < -0.3 is 5.32 Å². The number of carbonyl (C=O) groups is 1. The maximum atomic E-state index is 12.7. The van der Waals surface area contributed by atoms with Gasteiger partial charge in [0, 0.05) is 18.8 Å². The number of amides is 1. The first-order chi connectivity index (χ1) is 14.7. The number of hydrogen-bond acceptors (Lipinski definition) is 5. The summed E-state index contributed by atoms with van der Waals surface area (Å²) in [5.41, 5.74) is 2.82. The fraction of sp³-hybridized carbons (Fsp3) is 0.273. The molecule has 1 unspecified atom stereocenters. The van der Waals surface area contributed by atoms with Crippen LogP contribution in [-0.2, 0) is 11.2 Å². The summed E-state index contributed by atoms with van der Waals surface area (Å²) in [6.45, 7) is 0. The van der Waals surface area contributed by atoms with Crippen LogP contribution in [0.4, 0.5) is 0 Å². The van der Waals surface area contributed by atoms with Gasteiger partial charge in [-0.2, -0.15) is 16.9 Å². The van der Waals surface area contributed by atoms with Gasteiger partial charge >= 0.3 is 0 Å². The van der Waals surface area contributed by atoms with Crippen molar-refractivity contribution < 1.29 is 4.79 Å². The number of aryl methyl sites for hydroxylation is 1. The van der Waals surface area contributed by atoms with E-state index in [0.717, 1.165) is 34.9 Å². The molecule has 0 bridgehead atoms. The van der Waals surface area contributed by atoms with E-state index in [1.807, 2.05) is 76.2 Å². The summed E-state index contributed by atoms with van der Waals surface area (Å²) in [6, 6.07) is 15.6. The number of aromatic nitrogens is 5. The minimum Gasteiger partial charge on any atom is -0.346 e. The highest BCUT2D eigenvalue weighted by molar-refractivity contribution is 7.98. The standard InChI is InChI=1S/C22H24N6OS/c1-30-14-12-19(22-26-25-20-9-5-6-13-27(20)22)24-21(29)11-10-17-15-23-28(16-17)18-7-3-2-4-8-18/h2-9,13,15-16,19H,10-12,14H2,1H3,(H,24,29). The number of benzene rings is 1.